The second-order valence-electron chi connectivity index (χ2n) is 4.78. The first-order valence-electron chi connectivity index (χ1n) is 6.71. The van der Waals surface area contributed by atoms with E-state index >= 15 is 0 Å². The Kier molecular flexibility index (Phi) is 4.12. The molecule has 2 heterocycles. The normalized spacial score (nSPS) is 11.2. The summed E-state index contributed by atoms with van der Waals surface area (Å²) in [5.41, 5.74) is 3.11. The van der Waals surface area contributed by atoms with Gasteiger partial charge in [-0.05, 0) is 19.1 Å². The predicted octanol–water partition coefficient (Wildman–Crippen LogP) is 3.79. The first kappa shape index (κ1) is 14.4. The molecule has 0 bridgehead atoms. The molecule has 0 aliphatic carbocycles. The lowest BCUT2D eigenvalue weighted by molar-refractivity contribution is 0.415. The SMILES string of the molecule is COc1ccc2nc(CCl)n(CCc3csc(C)n3)c2c1. The molecule has 0 amide bonds. The van der Waals surface area contributed by atoms with E-state index in [9.17, 15) is 0 Å². The molecular weight excluding hydrogens is 306 g/mol. The highest BCUT2D eigenvalue weighted by Gasteiger charge is 2.11. The maximum absolute atomic E-state index is 6.03. The summed E-state index contributed by atoms with van der Waals surface area (Å²) in [7, 11) is 1.67. The number of methoxy groups -OCH3 is 1. The zero-order valence-corrected chi connectivity index (χ0v) is 13.5. The minimum absolute atomic E-state index is 0.396. The van der Waals surface area contributed by atoms with Crippen molar-refractivity contribution in [2.24, 2.45) is 0 Å². The van der Waals surface area contributed by atoms with Crippen LogP contribution < -0.4 is 4.74 Å². The Bertz CT molecular complexity index is 765. The highest BCUT2D eigenvalue weighted by molar-refractivity contribution is 7.09. The van der Waals surface area contributed by atoms with Gasteiger partial charge in [-0.25, -0.2) is 9.97 Å². The summed E-state index contributed by atoms with van der Waals surface area (Å²) in [5, 5.41) is 3.20. The first-order chi connectivity index (χ1) is 10.2. The molecule has 21 heavy (non-hydrogen) atoms. The number of halogens is 1. The Labute approximate surface area is 132 Å². The third-order valence-electron chi connectivity index (χ3n) is 3.41. The van der Waals surface area contributed by atoms with Crippen LogP contribution in [-0.4, -0.2) is 21.6 Å². The Morgan fingerprint density at radius 2 is 2.19 bits per heavy atom. The number of alkyl halides is 1. The van der Waals surface area contributed by atoms with Gasteiger partial charge in [0.15, 0.2) is 0 Å². The number of thiazole rings is 1. The van der Waals surface area contributed by atoms with E-state index in [1.807, 2.05) is 25.1 Å². The minimum Gasteiger partial charge on any atom is -0.497 e. The number of benzene rings is 1. The van der Waals surface area contributed by atoms with E-state index < -0.39 is 0 Å². The maximum Gasteiger partial charge on any atom is 0.124 e. The third kappa shape index (κ3) is 2.89. The van der Waals surface area contributed by atoms with Gasteiger partial charge in [0, 0.05) is 24.4 Å². The fourth-order valence-corrected chi connectivity index (χ4v) is 3.23. The summed E-state index contributed by atoms with van der Waals surface area (Å²) in [6.45, 7) is 2.84. The van der Waals surface area contributed by atoms with Crippen LogP contribution in [0, 0.1) is 6.92 Å². The average Bonchev–Trinajstić information content (AvgIpc) is 3.07. The summed E-state index contributed by atoms with van der Waals surface area (Å²) in [6.07, 6.45) is 0.872. The Balaban J connectivity index is 1.94. The van der Waals surface area contributed by atoms with E-state index in [1.165, 1.54) is 0 Å². The van der Waals surface area contributed by atoms with E-state index in [1.54, 1.807) is 18.4 Å². The molecular formula is C15H16ClN3OS. The molecule has 0 saturated heterocycles. The van der Waals surface area contributed by atoms with Crippen molar-refractivity contribution in [2.75, 3.05) is 7.11 Å². The smallest absolute Gasteiger partial charge is 0.124 e. The van der Waals surface area contributed by atoms with Crippen molar-refractivity contribution < 1.29 is 4.74 Å². The van der Waals surface area contributed by atoms with E-state index in [0.29, 0.717) is 5.88 Å². The molecule has 110 valence electrons. The van der Waals surface area contributed by atoms with Crippen LogP contribution in [0.4, 0.5) is 0 Å². The molecule has 0 radical (unpaired) electrons. The summed E-state index contributed by atoms with van der Waals surface area (Å²) < 4.78 is 7.45. The number of rotatable bonds is 5. The van der Waals surface area contributed by atoms with Crippen molar-refractivity contribution in [2.45, 2.75) is 25.8 Å². The largest absolute Gasteiger partial charge is 0.497 e. The molecule has 3 aromatic rings. The van der Waals surface area contributed by atoms with Gasteiger partial charge in [-0.15, -0.1) is 22.9 Å². The molecule has 0 unspecified atom stereocenters. The molecule has 0 N–H and O–H groups in total. The van der Waals surface area contributed by atoms with Gasteiger partial charge < -0.3 is 9.30 Å². The minimum atomic E-state index is 0.396. The number of imidazole rings is 1. The van der Waals surface area contributed by atoms with Gasteiger partial charge in [-0.1, -0.05) is 0 Å². The first-order valence-corrected chi connectivity index (χ1v) is 8.13. The number of ether oxygens (including phenoxy) is 1. The quantitative estimate of drug-likeness (QED) is 0.671. The molecule has 0 atom stereocenters. The molecule has 6 heteroatoms. The highest BCUT2D eigenvalue weighted by Crippen LogP contribution is 2.23. The zero-order valence-electron chi connectivity index (χ0n) is 12.0. The van der Waals surface area contributed by atoms with E-state index in [2.05, 4.69) is 19.9 Å². The number of aryl methyl sites for hydroxylation is 3. The Morgan fingerprint density at radius 3 is 2.86 bits per heavy atom. The van der Waals surface area contributed by atoms with E-state index in [0.717, 1.165) is 46.3 Å². The van der Waals surface area contributed by atoms with Crippen LogP contribution in [0.5, 0.6) is 5.75 Å². The lowest BCUT2D eigenvalue weighted by Gasteiger charge is -2.07. The van der Waals surface area contributed by atoms with Crippen LogP contribution in [0.1, 0.15) is 16.5 Å². The van der Waals surface area contributed by atoms with Crippen LogP contribution in [0.3, 0.4) is 0 Å². The van der Waals surface area contributed by atoms with Crippen molar-refractivity contribution in [3.63, 3.8) is 0 Å². The number of fused-ring (bicyclic) bond motifs is 1. The second-order valence-corrected chi connectivity index (χ2v) is 6.11. The van der Waals surface area contributed by atoms with E-state index in [4.69, 9.17) is 16.3 Å². The third-order valence-corrected chi connectivity index (χ3v) is 4.47. The molecule has 0 saturated carbocycles. The Hall–Kier alpha value is -1.59. The van der Waals surface area contributed by atoms with Gasteiger partial charge in [0.05, 0.1) is 34.7 Å². The molecule has 0 spiro atoms. The predicted molar refractivity (Wildman–Crippen MR) is 86.4 cm³/mol. The second kappa shape index (κ2) is 6.03. The molecule has 0 fully saturated rings. The highest BCUT2D eigenvalue weighted by atomic mass is 35.5. The summed E-state index contributed by atoms with van der Waals surface area (Å²) in [5.74, 6) is 2.11. The fraction of sp³-hybridized carbons (Fsp3) is 0.333. The van der Waals surface area contributed by atoms with Gasteiger partial charge in [0.2, 0.25) is 0 Å². The van der Waals surface area contributed by atoms with Gasteiger partial charge in [0.1, 0.15) is 11.6 Å². The van der Waals surface area contributed by atoms with E-state index in [-0.39, 0.29) is 0 Å². The van der Waals surface area contributed by atoms with Gasteiger partial charge in [-0.2, -0.15) is 0 Å². The lowest BCUT2D eigenvalue weighted by Crippen LogP contribution is -2.05. The summed E-state index contributed by atoms with van der Waals surface area (Å²) >= 11 is 7.71. The molecule has 0 aliphatic heterocycles. The van der Waals surface area contributed by atoms with Gasteiger partial charge in [-0.3, -0.25) is 0 Å². The van der Waals surface area contributed by atoms with Crippen molar-refractivity contribution in [3.8, 4) is 5.75 Å². The fourth-order valence-electron chi connectivity index (χ4n) is 2.38. The Morgan fingerprint density at radius 1 is 1.33 bits per heavy atom. The number of hydrogen-bond acceptors (Lipinski definition) is 4. The summed E-state index contributed by atoms with van der Waals surface area (Å²) in [4.78, 5) is 9.09. The van der Waals surface area contributed by atoms with Crippen molar-refractivity contribution in [1.29, 1.82) is 0 Å². The maximum atomic E-state index is 6.03. The van der Waals surface area contributed by atoms with Crippen LogP contribution >= 0.6 is 22.9 Å². The number of hydrogen-bond donors (Lipinski definition) is 0. The molecule has 0 aliphatic rings. The number of aromatic nitrogens is 3. The van der Waals surface area contributed by atoms with Crippen molar-refractivity contribution >= 4 is 34.0 Å². The van der Waals surface area contributed by atoms with Gasteiger partial charge in [0.25, 0.3) is 0 Å². The molecule has 4 nitrogen and oxygen atoms in total. The van der Waals surface area contributed by atoms with Crippen LogP contribution in [0.2, 0.25) is 0 Å². The van der Waals surface area contributed by atoms with Crippen LogP contribution in [0.15, 0.2) is 23.6 Å². The van der Waals surface area contributed by atoms with Crippen molar-refractivity contribution in [3.05, 3.63) is 40.1 Å². The molecule has 2 aromatic heterocycles. The lowest BCUT2D eigenvalue weighted by atomic mass is 10.3. The molecule has 1 aromatic carbocycles. The topological polar surface area (TPSA) is 39.9 Å². The zero-order chi connectivity index (χ0) is 14.8. The van der Waals surface area contributed by atoms with Gasteiger partial charge >= 0.3 is 0 Å². The standard InChI is InChI=1S/C15H16ClN3OS/c1-10-17-11(9-21-10)5-6-19-14-7-12(20-2)3-4-13(14)18-15(19)8-16/h3-4,7,9H,5-6,8H2,1-2H3. The van der Waals surface area contributed by atoms with Crippen molar-refractivity contribution in [1.82, 2.24) is 14.5 Å². The average molecular weight is 322 g/mol. The summed E-state index contributed by atoms with van der Waals surface area (Å²) in [6, 6.07) is 5.89. The van der Waals surface area contributed by atoms with Crippen LogP contribution in [0.25, 0.3) is 11.0 Å². The molecule has 3 rings (SSSR count). The monoisotopic (exact) mass is 321 g/mol. The number of nitrogens with zero attached hydrogens (tertiary/aromatic N) is 3. The van der Waals surface area contributed by atoms with Crippen LogP contribution in [-0.2, 0) is 18.8 Å².